The Morgan fingerprint density at radius 1 is 1.19 bits per heavy atom. The molecular formula is C14H16OS. The van der Waals surface area contributed by atoms with E-state index in [2.05, 4.69) is 19.1 Å². The minimum atomic E-state index is -0.764. The molecule has 1 heterocycles. The van der Waals surface area contributed by atoms with E-state index < -0.39 is 5.60 Å². The molecule has 84 valence electrons. The van der Waals surface area contributed by atoms with Crippen LogP contribution in [-0.4, -0.2) is 5.11 Å². The van der Waals surface area contributed by atoms with E-state index in [0.717, 1.165) is 4.88 Å². The largest absolute Gasteiger partial charge is 0.384 e. The number of hydrogen-bond donors (Lipinski definition) is 1. The van der Waals surface area contributed by atoms with Crippen LogP contribution in [0.1, 0.15) is 22.9 Å². The summed E-state index contributed by atoms with van der Waals surface area (Å²) < 4.78 is 0. The third-order valence-electron chi connectivity index (χ3n) is 2.85. The number of thiophene rings is 1. The van der Waals surface area contributed by atoms with Gasteiger partial charge in [0.2, 0.25) is 0 Å². The van der Waals surface area contributed by atoms with Crippen molar-refractivity contribution in [1.29, 1.82) is 0 Å². The fraction of sp³-hybridized carbons (Fsp3) is 0.286. The van der Waals surface area contributed by atoms with E-state index in [0.29, 0.717) is 6.42 Å². The first kappa shape index (κ1) is 11.4. The highest BCUT2D eigenvalue weighted by Gasteiger charge is 2.24. The van der Waals surface area contributed by atoms with Crippen LogP contribution in [0.25, 0.3) is 0 Å². The normalized spacial score (nSPS) is 14.7. The van der Waals surface area contributed by atoms with Gasteiger partial charge < -0.3 is 5.11 Å². The van der Waals surface area contributed by atoms with Gasteiger partial charge in [0.15, 0.2) is 0 Å². The second kappa shape index (κ2) is 4.40. The summed E-state index contributed by atoms with van der Waals surface area (Å²) >= 11 is 1.60. The summed E-state index contributed by atoms with van der Waals surface area (Å²) in [6, 6.07) is 12.2. The van der Waals surface area contributed by atoms with Gasteiger partial charge in [-0.15, -0.1) is 11.3 Å². The Bertz CT molecular complexity index is 457. The zero-order valence-corrected chi connectivity index (χ0v) is 10.4. The zero-order chi connectivity index (χ0) is 11.6. The molecule has 2 aromatic rings. The van der Waals surface area contributed by atoms with Gasteiger partial charge in [0.1, 0.15) is 0 Å². The molecule has 1 nitrogen and oxygen atoms in total. The molecule has 2 heteroatoms. The van der Waals surface area contributed by atoms with E-state index in [4.69, 9.17) is 0 Å². The maximum atomic E-state index is 10.5. The first-order valence-electron chi connectivity index (χ1n) is 5.40. The molecule has 16 heavy (non-hydrogen) atoms. The van der Waals surface area contributed by atoms with Crippen molar-refractivity contribution in [2.24, 2.45) is 0 Å². The first-order valence-corrected chi connectivity index (χ1v) is 6.28. The molecule has 0 aliphatic rings. The fourth-order valence-corrected chi connectivity index (χ4v) is 2.64. The Morgan fingerprint density at radius 2 is 1.94 bits per heavy atom. The number of hydrogen-bond acceptors (Lipinski definition) is 2. The monoisotopic (exact) mass is 232 g/mol. The molecule has 0 fully saturated rings. The highest BCUT2D eigenvalue weighted by atomic mass is 32.1. The van der Waals surface area contributed by atoms with Gasteiger partial charge in [-0.1, -0.05) is 30.3 Å². The van der Waals surface area contributed by atoms with Gasteiger partial charge in [0, 0.05) is 11.3 Å². The molecule has 1 N–H and O–H groups in total. The van der Waals surface area contributed by atoms with Gasteiger partial charge >= 0.3 is 0 Å². The van der Waals surface area contributed by atoms with Crippen LogP contribution in [0, 0.1) is 6.92 Å². The predicted octanol–water partition coefficient (Wildman–Crippen LogP) is 3.51. The third-order valence-corrected chi connectivity index (χ3v) is 3.97. The minimum Gasteiger partial charge on any atom is -0.384 e. The maximum Gasteiger partial charge on any atom is 0.1000 e. The molecule has 0 bridgehead atoms. The summed E-state index contributed by atoms with van der Waals surface area (Å²) in [4.78, 5) is 1.02. The van der Waals surface area contributed by atoms with Gasteiger partial charge in [0.05, 0.1) is 5.60 Å². The van der Waals surface area contributed by atoms with Gasteiger partial charge in [-0.05, 0) is 36.4 Å². The van der Waals surface area contributed by atoms with Crippen LogP contribution < -0.4 is 0 Å². The van der Waals surface area contributed by atoms with Crippen molar-refractivity contribution in [1.82, 2.24) is 0 Å². The second-order valence-corrected chi connectivity index (χ2v) is 5.30. The van der Waals surface area contributed by atoms with E-state index in [-0.39, 0.29) is 0 Å². The minimum absolute atomic E-state index is 0.667. The number of rotatable bonds is 3. The van der Waals surface area contributed by atoms with E-state index >= 15 is 0 Å². The van der Waals surface area contributed by atoms with Crippen LogP contribution in [0.3, 0.4) is 0 Å². The molecule has 0 aliphatic carbocycles. The maximum absolute atomic E-state index is 10.5. The SMILES string of the molecule is Cc1ccccc1CC(C)(O)c1cccs1. The van der Waals surface area contributed by atoms with Crippen molar-refractivity contribution in [2.75, 3.05) is 0 Å². The van der Waals surface area contributed by atoms with Crippen LogP contribution in [-0.2, 0) is 12.0 Å². The molecule has 0 aliphatic heterocycles. The van der Waals surface area contributed by atoms with Crippen LogP contribution in [0.15, 0.2) is 41.8 Å². The van der Waals surface area contributed by atoms with Crippen molar-refractivity contribution >= 4 is 11.3 Å². The van der Waals surface area contributed by atoms with Crippen LogP contribution in [0.5, 0.6) is 0 Å². The highest BCUT2D eigenvalue weighted by molar-refractivity contribution is 7.10. The van der Waals surface area contributed by atoms with Crippen LogP contribution >= 0.6 is 11.3 Å². The molecule has 0 amide bonds. The van der Waals surface area contributed by atoms with Gasteiger partial charge in [-0.25, -0.2) is 0 Å². The third kappa shape index (κ3) is 2.34. The lowest BCUT2D eigenvalue weighted by atomic mass is 9.92. The molecule has 0 spiro atoms. The van der Waals surface area contributed by atoms with Crippen molar-refractivity contribution < 1.29 is 5.11 Å². The van der Waals surface area contributed by atoms with Crippen molar-refractivity contribution in [3.05, 3.63) is 57.8 Å². The predicted molar refractivity (Wildman–Crippen MR) is 68.8 cm³/mol. The lowest BCUT2D eigenvalue weighted by Gasteiger charge is -2.22. The molecule has 0 saturated carbocycles. The number of benzene rings is 1. The average Bonchev–Trinajstić information content (AvgIpc) is 2.75. The van der Waals surface area contributed by atoms with E-state index in [9.17, 15) is 5.11 Å². The fourth-order valence-electron chi connectivity index (χ4n) is 1.85. The number of aryl methyl sites for hydroxylation is 1. The van der Waals surface area contributed by atoms with Crippen molar-refractivity contribution in [3.63, 3.8) is 0 Å². The summed E-state index contributed by atoms with van der Waals surface area (Å²) in [5.74, 6) is 0. The lowest BCUT2D eigenvalue weighted by Crippen LogP contribution is -2.23. The molecule has 2 rings (SSSR count). The molecule has 0 radical (unpaired) electrons. The zero-order valence-electron chi connectivity index (χ0n) is 9.60. The van der Waals surface area contributed by atoms with Gasteiger partial charge in [0.25, 0.3) is 0 Å². The Morgan fingerprint density at radius 3 is 2.56 bits per heavy atom. The molecule has 1 unspecified atom stereocenters. The first-order chi connectivity index (χ1) is 7.59. The average molecular weight is 232 g/mol. The molecular weight excluding hydrogens is 216 g/mol. The summed E-state index contributed by atoms with van der Waals surface area (Å²) in [5, 5.41) is 12.5. The second-order valence-electron chi connectivity index (χ2n) is 4.35. The molecule has 0 saturated heterocycles. The molecule has 1 atom stereocenters. The van der Waals surface area contributed by atoms with Crippen molar-refractivity contribution in [2.45, 2.75) is 25.9 Å². The van der Waals surface area contributed by atoms with E-state index in [1.165, 1.54) is 11.1 Å². The summed E-state index contributed by atoms with van der Waals surface area (Å²) in [7, 11) is 0. The Kier molecular flexibility index (Phi) is 3.13. The quantitative estimate of drug-likeness (QED) is 0.858. The Labute approximate surface area is 100 Å². The summed E-state index contributed by atoms with van der Waals surface area (Å²) in [6.45, 7) is 3.96. The van der Waals surface area contributed by atoms with Gasteiger partial charge in [-0.3, -0.25) is 0 Å². The van der Waals surface area contributed by atoms with Crippen molar-refractivity contribution in [3.8, 4) is 0 Å². The van der Waals surface area contributed by atoms with Crippen LogP contribution in [0.2, 0.25) is 0 Å². The smallest absolute Gasteiger partial charge is 0.1000 e. The van der Waals surface area contributed by atoms with Crippen LogP contribution in [0.4, 0.5) is 0 Å². The standard InChI is InChI=1S/C14H16OS/c1-11-6-3-4-7-12(11)10-14(2,15)13-8-5-9-16-13/h3-9,15H,10H2,1-2H3. The summed E-state index contributed by atoms with van der Waals surface area (Å²) in [6.07, 6.45) is 0.667. The van der Waals surface area contributed by atoms with Gasteiger partial charge in [-0.2, -0.15) is 0 Å². The summed E-state index contributed by atoms with van der Waals surface area (Å²) in [5.41, 5.74) is 1.68. The lowest BCUT2D eigenvalue weighted by molar-refractivity contribution is 0.0613. The molecule has 1 aromatic carbocycles. The Hall–Kier alpha value is -1.12. The van der Waals surface area contributed by atoms with E-state index in [1.807, 2.05) is 36.6 Å². The Balaban J connectivity index is 2.25. The number of aliphatic hydroxyl groups is 1. The van der Waals surface area contributed by atoms with E-state index in [1.54, 1.807) is 11.3 Å². The highest BCUT2D eigenvalue weighted by Crippen LogP contribution is 2.29. The molecule has 1 aromatic heterocycles. The topological polar surface area (TPSA) is 20.2 Å².